The van der Waals surface area contributed by atoms with Gasteiger partial charge in [0.1, 0.15) is 0 Å². The van der Waals surface area contributed by atoms with E-state index in [1.807, 2.05) is 0 Å². The van der Waals surface area contributed by atoms with Crippen molar-refractivity contribution in [2.45, 2.75) is 36.9 Å². The Balaban J connectivity index is 1.57. The minimum Gasteiger partial charge on any atom is -0.310 e. The normalized spacial score (nSPS) is 27.6. The second-order valence-electron chi connectivity index (χ2n) is 4.52. The van der Waals surface area contributed by atoms with Gasteiger partial charge in [-0.2, -0.15) is 13.2 Å². The van der Waals surface area contributed by atoms with E-state index in [0.717, 1.165) is 19.5 Å². The molecule has 1 aliphatic heterocycles. The fraction of sp³-hybridized carbons (Fsp3) is 1.00. The van der Waals surface area contributed by atoms with Gasteiger partial charge in [0.2, 0.25) is 0 Å². The van der Waals surface area contributed by atoms with E-state index in [-0.39, 0.29) is 17.5 Å². The molecule has 0 amide bonds. The second-order valence-corrected chi connectivity index (χ2v) is 5.68. The van der Waals surface area contributed by atoms with E-state index in [0.29, 0.717) is 18.6 Å². The Labute approximate surface area is 97.9 Å². The number of nitrogens with one attached hydrogen (secondary N) is 1. The van der Waals surface area contributed by atoms with Gasteiger partial charge in [0.15, 0.2) is 0 Å². The van der Waals surface area contributed by atoms with Gasteiger partial charge in [-0.3, -0.25) is 0 Å². The molecule has 0 bridgehead atoms. The molecule has 1 heterocycles. The van der Waals surface area contributed by atoms with Crippen LogP contribution in [-0.4, -0.2) is 47.9 Å². The van der Waals surface area contributed by atoms with Crippen molar-refractivity contribution in [1.29, 1.82) is 0 Å². The summed E-state index contributed by atoms with van der Waals surface area (Å²) in [5, 5.41) is 3.52. The summed E-state index contributed by atoms with van der Waals surface area (Å²) in [5.41, 5.74) is -4.08. The van der Waals surface area contributed by atoms with Crippen LogP contribution in [0.15, 0.2) is 0 Å². The summed E-state index contributed by atoms with van der Waals surface area (Å²) in [5.74, 6) is 0.152. The number of nitrogens with zero attached hydrogens (tertiary/aromatic N) is 1. The van der Waals surface area contributed by atoms with Gasteiger partial charge in [0.25, 0.3) is 0 Å². The number of rotatable bonds is 5. The van der Waals surface area contributed by atoms with Crippen LogP contribution in [0.3, 0.4) is 0 Å². The van der Waals surface area contributed by atoms with Gasteiger partial charge in [-0.1, -0.05) is 0 Å². The first-order valence-electron chi connectivity index (χ1n) is 5.72. The van der Waals surface area contributed by atoms with E-state index in [1.165, 1.54) is 12.8 Å². The summed E-state index contributed by atoms with van der Waals surface area (Å²) in [6.45, 7) is 2.39. The maximum absolute atomic E-state index is 11.9. The van der Waals surface area contributed by atoms with Crippen molar-refractivity contribution < 1.29 is 13.2 Å². The molecule has 0 radical (unpaired) electrons. The third-order valence-electron chi connectivity index (χ3n) is 2.99. The van der Waals surface area contributed by atoms with E-state index in [9.17, 15) is 13.2 Å². The van der Waals surface area contributed by atoms with Crippen molar-refractivity contribution in [1.82, 2.24) is 10.2 Å². The summed E-state index contributed by atoms with van der Waals surface area (Å²) in [6.07, 6.45) is 3.61. The number of thioether (sulfide) groups is 1. The Morgan fingerprint density at radius 3 is 2.56 bits per heavy atom. The molecule has 2 nitrogen and oxygen atoms in total. The zero-order valence-corrected chi connectivity index (χ0v) is 9.91. The van der Waals surface area contributed by atoms with Crippen LogP contribution in [0.25, 0.3) is 0 Å². The second kappa shape index (κ2) is 5.14. The molecule has 1 N–H and O–H groups in total. The molecule has 2 fully saturated rings. The van der Waals surface area contributed by atoms with Gasteiger partial charge in [0.05, 0.1) is 0 Å². The number of hydrogen-bond donors (Lipinski definition) is 1. The molecule has 1 saturated carbocycles. The molecular formula is C10H17F3N2S. The van der Waals surface area contributed by atoms with Crippen molar-refractivity contribution in [2.24, 2.45) is 0 Å². The molecule has 0 spiro atoms. The Bertz CT molecular complexity index is 231. The fourth-order valence-corrected chi connectivity index (χ4v) is 2.63. The molecule has 2 aliphatic rings. The summed E-state index contributed by atoms with van der Waals surface area (Å²) in [6, 6.07) is 1.19. The zero-order valence-electron chi connectivity index (χ0n) is 9.09. The Morgan fingerprint density at radius 1 is 1.19 bits per heavy atom. The van der Waals surface area contributed by atoms with Crippen LogP contribution in [0.4, 0.5) is 13.2 Å². The first-order chi connectivity index (χ1) is 7.53. The highest BCUT2D eigenvalue weighted by Gasteiger charge is 2.31. The molecule has 1 aliphatic carbocycles. The van der Waals surface area contributed by atoms with Crippen LogP contribution in [0.1, 0.15) is 19.3 Å². The molecule has 1 unspecified atom stereocenters. The van der Waals surface area contributed by atoms with Crippen molar-refractivity contribution >= 4 is 11.8 Å². The monoisotopic (exact) mass is 254 g/mol. The molecule has 0 aromatic rings. The van der Waals surface area contributed by atoms with Crippen molar-refractivity contribution in [3.63, 3.8) is 0 Å². The summed E-state index contributed by atoms with van der Waals surface area (Å²) < 4.78 is 35.8. The smallest absolute Gasteiger partial charge is 0.310 e. The van der Waals surface area contributed by atoms with E-state index < -0.39 is 5.51 Å². The predicted molar refractivity (Wildman–Crippen MR) is 59.5 cm³/mol. The van der Waals surface area contributed by atoms with E-state index >= 15 is 0 Å². The highest BCUT2D eigenvalue weighted by molar-refractivity contribution is 8.00. The average Bonchev–Trinajstić information content (AvgIpc) is 2.84. The third kappa shape index (κ3) is 4.51. The van der Waals surface area contributed by atoms with Crippen molar-refractivity contribution in [3.8, 4) is 0 Å². The number of hydrogen-bond acceptors (Lipinski definition) is 3. The lowest BCUT2D eigenvalue weighted by atomic mass is 10.2. The minimum atomic E-state index is -4.08. The van der Waals surface area contributed by atoms with E-state index in [2.05, 4.69) is 10.2 Å². The lowest BCUT2D eigenvalue weighted by Crippen LogP contribution is -2.34. The standard InChI is InChI=1S/C10H17F3N2S/c11-10(12,13)16-6-5-15-4-3-9(7-15)14-8-1-2-8/h8-9,14H,1-7H2. The van der Waals surface area contributed by atoms with Crippen molar-refractivity contribution in [2.75, 3.05) is 25.4 Å². The van der Waals surface area contributed by atoms with Gasteiger partial charge in [-0.25, -0.2) is 0 Å². The summed E-state index contributed by atoms with van der Waals surface area (Å²) in [4.78, 5) is 2.12. The Morgan fingerprint density at radius 2 is 1.94 bits per heavy atom. The van der Waals surface area contributed by atoms with Crippen LogP contribution in [-0.2, 0) is 0 Å². The van der Waals surface area contributed by atoms with Crippen LogP contribution in [0.2, 0.25) is 0 Å². The fourth-order valence-electron chi connectivity index (χ4n) is 2.05. The van der Waals surface area contributed by atoms with Crippen molar-refractivity contribution in [3.05, 3.63) is 0 Å². The predicted octanol–water partition coefficient (Wildman–Crippen LogP) is 2.07. The van der Waals surface area contributed by atoms with E-state index in [1.54, 1.807) is 0 Å². The first kappa shape index (κ1) is 12.5. The number of alkyl halides is 3. The van der Waals surface area contributed by atoms with Crippen LogP contribution in [0.5, 0.6) is 0 Å². The maximum atomic E-state index is 11.9. The first-order valence-corrected chi connectivity index (χ1v) is 6.70. The summed E-state index contributed by atoms with van der Waals surface area (Å²) in [7, 11) is 0. The quantitative estimate of drug-likeness (QED) is 0.808. The van der Waals surface area contributed by atoms with E-state index in [4.69, 9.17) is 0 Å². The molecule has 0 aromatic carbocycles. The molecule has 1 atom stereocenters. The van der Waals surface area contributed by atoms with Gasteiger partial charge in [-0.05, 0) is 37.6 Å². The number of likely N-dealkylation sites (tertiary alicyclic amines) is 1. The highest BCUT2D eigenvalue weighted by atomic mass is 32.2. The van der Waals surface area contributed by atoms with Gasteiger partial charge in [-0.15, -0.1) is 0 Å². The molecule has 2 rings (SSSR count). The SMILES string of the molecule is FC(F)(F)SCCN1CCC(NC2CC2)C1. The lowest BCUT2D eigenvalue weighted by molar-refractivity contribution is -0.0328. The van der Waals surface area contributed by atoms with Gasteiger partial charge < -0.3 is 10.2 Å². The Kier molecular flexibility index (Phi) is 4.02. The molecule has 16 heavy (non-hydrogen) atoms. The Hall–Kier alpha value is 0.0600. The molecule has 1 saturated heterocycles. The molecule has 6 heteroatoms. The van der Waals surface area contributed by atoms with Crippen LogP contribution >= 0.6 is 11.8 Å². The number of halogens is 3. The van der Waals surface area contributed by atoms with Gasteiger partial charge in [0, 0.05) is 30.9 Å². The van der Waals surface area contributed by atoms with Crippen LogP contribution < -0.4 is 5.32 Å². The average molecular weight is 254 g/mol. The molecule has 94 valence electrons. The van der Waals surface area contributed by atoms with Crippen LogP contribution in [0, 0.1) is 0 Å². The topological polar surface area (TPSA) is 15.3 Å². The largest absolute Gasteiger partial charge is 0.441 e. The van der Waals surface area contributed by atoms with Gasteiger partial charge >= 0.3 is 5.51 Å². The molecular weight excluding hydrogens is 237 g/mol. The zero-order chi connectivity index (χ0) is 11.6. The minimum absolute atomic E-state index is 0.0858. The maximum Gasteiger partial charge on any atom is 0.441 e. The lowest BCUT2D eigenvalue weighted by Gasteiger charge is -2.16. The summed E-state index contributed by atoms with van der Waals surface area (Å²) >= 11 is 0.0858. The highest BCUT2D eigenvalue weighted by Crippen LogP contribution is 2.30. The molecule has 0 aromatic heterocycles. The third-order valence-corrected chi connectivity index (χ3v) is 3.71.